The van der Waals surface area contributed by atoms with E-state index in [2.05, 4.69) is 25.3 Å². The van der Waals surface area contributed by atoms with Crippen LogP contribution in [0.25, 0.3) is 5.65 Å². The molecule has 2 unspecified atom stereocenters. The third-order valence-corrected chi connectivity index (χ3v) is 7.21. The summed E-state index contributed by atoms with van der Waals surface area (Å²) in [5.41, 5.74) is 0.506. The first-order valence-electron chi connectivity index (χ1n) is 10.8. The molecule has 32 heavy (non-hydrogen) atoms. The number of rotatable bonds is 7. The molecule has 3 aromatic heterocycles. The van der Waals surface area contributed by atoms with Gasteiger partial charge in [0.1, 0.15) is 5.00 Å². The molecule has 0 radical (unpaired) electrons. The predicted octanol–water partition coefficient (Wildman–Crippen LogP) is 4.54. The van der Waals surface area contributed by atoms with E-state index in [0.717, 1.165) is 30.9 Å². The van der Waals surface area contributed by atoms with Crippen molar-refractivity contribution in [3.05, 3.63) is 29.5 Å². The number of anilines is 2. The van der Waals surface area contributed by atoms with Crippen LogP contribution in [-0.4, -0.2) is 51.5 Å². The molecule has 7 nitrogen and oxygen atoms in total. The van der Waals surface area contributed by atoms with Gasteiger partial charge in [-0.25, -0.2) is 9.50 Å². The van der Waals surface area contributed by atoms with Crippen molar-refractivity contribution in [2.24, 2.45) is 11.8 Å². The highest BCUT2D eigenvalue weighted by Gasteiger charge is 2.43. The lowest BCUT2D eigenvalue weighted by molar-refractivity contribution is -0.136. The fourth-order valence-electron chi connectivity index (χ4n) is 4.79. The van der Waals surface area contributed by atoms with Gasteiger partial charge in [0.25, 0.3) is 0 Å². The maximum atomic E-state index is 12.4. The molecular weight excluding hydrogens is 441 g/mol. The second kappa shape index (κ2) is 8.42. The number of alkyl halides is 3. The lowest BCUT2D eigenvalue weighted by atomic mass is 9.92. The first-order valence-corrected chi connectivity index (χ1v) is 11.7. The Morgan fingerprint density at radius 3 is 2.72 bits per heavy atom. The van der Waals surface area contributed by atoms with Crippen molar-refractivity contribution in [2.45, 2.75) is 44.8 Å². The molecule has 2 atom stereocenters. The molecular formula is C21H25F3N6OS. The van der Waals surface area contributed by atoms with Gasteiger partial charge >= 0.3 is 6.18 Å². The predicted molar refractivity (Wildman–Crippen MR) is 116 cm³/mol. The maximum Gasteiger partial charge on any atom is 0.389 e. The number of hydrogen-bond acceptors (Lipinski definition) is 7. The minimum absolute atomic E-state index is 0.0194. The molecule has 3 aromatic rings. The summed E-state index contributed by atoms with van der Waals surface area (Å²) in [6, 6.07) is 3.76. The number of piperidine rings is 1. The molecule has 0 spiro atoms. The fourth-order valence-corrected chi connectivity index (χ4v) is 5.59. The van der Waals surface area contributed by atoms with Crippen LogP contribution >= 0.6 is 11.3 Å². The maximum absolute atomic E-state index is 12.4. The van der Waals surface area contributed by atoms with E-state index in [1.54, 1.807) is 34.2 Å². The topological polar surface area (TPSA) is 67.6 Å². The zero-order valence-electron chi connectivity index (χ0n) is 17.7. The summed E-state index contributed by atoms with van der Waals surface area (Å²) in [4.78, 5) is 11.4. The second-order valence-corrected chi connectivity index (χ2v) is 9.75. The van der Waals surface area contributed by atoms with Gasteiger partial charge in [0, 0.05) is 31.7 Å². The van der Waals surface area contributed by atoms with E-state index in [9.17, 15) is 13.2 Å². The van der Waals surface area contributed by atoms with Crippen LogP contribution < -0.4 is 15.0 Å². The molecule has 1 aliphatic heterocycles. The average Bonchev–Trinajstić information content (AvgIpc) is 3.41. The number of nitrogens with zero attached hydrogens (tertiary/aromatic N) is 5. The summed E-state index contributed by atoms with van der Waals surface area (Å²) < 4.78 is 44.2. The lowest BCUT2D eigenvalue weighted by Crippen LogP contribution is -2.48. The number of hydrogen-bond donors (Lipinski definition) is 1. The number of halogens is 3. The number of fused-ring (bicyclic) bond motifs is 3. The molecule has 5 rings (SSSR count). The Labute approximate surface area is 187 Å². The van der Waals surface area contributed by atoms with Crippen molar-refractivity contribution < 1.29 is 17.9 Å². The zero-order chi connectivity index (χ0) is 22.3. The van der Waals surface area contributed by atoms with Gasteiger partial charge in [0.05, 0.1) is 17.8 Å². The van der Waals surface area contributed by atoms with Gasteiger partial charge in [0.15, 0.2) is 11.4 Å². The number of aryl methyl sites for hydroxylation is 1. The van der Waals surface area contributed by atoms with Gasteiger partial charge in [-0.15, -0.1) is 16.4 Å². The van der Waals surface area contributed by atoms with Crippen molar-refractivity contribution in [3.8, 4) is 5.75 Å². The van der Waals surface area contributed by atoms with E-state index < -0.39 is 12.6 Å². The van der Waals surface area contributed by atoms with Crippen molar-refractivity contribution >= 4 is 27.9 Å². The molecule has 1 aliphatic carbocycles. The Morgan fingerprint density at radius 1 is 1.25 bits per heavy atom. The zero-order valence-corrected chi connectivity index (χ0v) is 18.5. The molecule has 1 saturated heterocycles. The third-order valence-electron chi connectivity index (χ3n) is 6.24. The number of nitrogens with one attached hydrogen (secondary N) is 1. The number of ether oxygens (including phenoxy) is 1. The van der Waals surface area contributed by atoms with E-state index in [1.807, 2.05) is 13.1 Å². The van der Waals surface area contributed by atoms with Crippen molar-refractivity contribution in [1.29, 1.82) is 0 Å². The minimum atomic E-state index is -4.17. The molecule has 0 amide bonds. The minimum Gasteiger partial charge on any atom is -0.490 e. The Bertz CT molecular complexity index is 1070. The van der Waals surface area contributed by atoms with E-state index in [-0.39, 0.29) is 13.0 Å². The van der Waals surface area contributed by atoms with Gasteiger partial charge in [-0.2, -0.15) is 18.2 Å². The summed E-state index contributed by atoms with van der Waals surface area (Å²) in [6.07, 6.45) is 0.930. The van der Waals surface area contributed by atoms with Crippen LogP contribution in [0, 0.1) is 18.8 Å². The summed E-state index contributed by atoms with van der Waals surface area (Å²) in [5, 5.41) is 10.4. The highest BCUT2D eigenvalue weighted by molar-refractivity contribution is 7.15. The Balaban J connectivity index is 1.25. The van der Waals surface area contributed by atoms with E-state index >= 15 is 0 Å². The quantitative estimate of drug-likeness (QED) is 0.516. The van der Waals surface area contributed by atoms with Gasteiger partial charge in [-0.05, 0) is 50.2 Å². The number of aromatic nitrogens is 4. The summed E-state index contributed by atoms with van der Waals surface area (Å²) >= 11 is 1.74. The first kappa shape index (κ1) is 21.3. The average molecular weight is 467 g/mol. The normalized spacial score (nSPS) is 23.1. The van der Waals surface area contributed by atoms with E-state index in [1.165, 1.54) is 5.00 Å². The van der Waals surface area contributed by atoms with Gasteiger partial charge < -0.3 is 15.0 Å². The largest absolute Gasteiger partial charge is 0.490 e. The molecule has 172 valence electrons. The standard InChI is InChI=1S/C21H25F3N6OS/c1-13-25-10-17(32-13)29-11-14-5-6-15(12-29)18(14)26-20-27-19-16(4-2-8-30(19)28-20)31-9-3-7-21(22,23)24/h2,4,8,10,14-15,18H,3,5-7,9,11-12H2,1H3,(H,26,28). The summed E-state index contributed by atoms with van der Waals surface area (Å²) in [7, 11) is 0. The van der Waals surface area contributed by atoms with Gasteiger partial charge in [-0.1, -0.05) is 0 Å². The van der Waals surface area contributed by atoms with Crippen molar-refractivity contribution in [2.75, 3.05) is 29.9 Å². The van der Waals surface area contributed by atoms with Crippen LogP contribution in [0.3, 0.4) is 0 Å². The lowest BCUT2D eigenvalue weighted by Gasteiger charge is -2.38. The Morgan fingerprint density at radius 2 is 2.03 bits per heavy atom. The molecule has 1 saturated carbocycles. The smallest absolute Gasteiger partial charge is 0.389 e. The van der Waals surface area contributed by atoms with E-state index in [0.29, 0.717) is 35.2 Å². The molecule has 1 N–H and O–H groups in total. The SMILES string of the molecule is Cc1ncc(N2CC3CCC(C2)C3Nc2nc3c(OCCCC(F)(F)F)cccn3n2)s1. The van der Waals surface area contributed by atoms with Crippen LogP contribution in [-0.2, 0) is 0 Å². The van der Waals surface area contributed by atoms with Crippen molar-refractivity contribution in [1.82, 2.24) is 19.6 Å². The molecule has 0 aromatic carbocycles. The molecule has 2 fully saturated rings. The molecule has 2 bridgehead atoms. The number of thiazole rings is 1. The van der Waals surface area contributed by atoms with Crippen LogP contribution in [0.1, 0.15) is 30.7 Å². The van der Waals surface area contributed by atoms with Gasteiger partial charge in [0.2, 0.25) is 5.95 Å². The van der Waals surface area contributed by atoms with Crippen LogP contribution in [0.4, 0.5) is 24.1 Å². The Kier molecular flexibility index (Phi) is 5.60. The molecule has 4 heterocycles. The summed E-state index contributed by atoms with van der Waals surface area (Å²) in [5.74, 6) is 1.97. The monoisotopic (exact) mass is 466 g/mol. The Hall–Kier alpha value is -2.56. The highest BCUT2D eigenvalue weighted by Crippen LogP contribution is 2.41. The van der Waals surface area contributed by atoms with Crippen molar-refractivity contribution in [3.63, 3.8) is 0 Å². The summed E-state index contributed by atoms with van der Waals surface area (Å²) in [6.45, 7) is 3.97. The van der Waals surface area contributed by atoms with Crippen LogP contribution in [0.2, 0.25) is 0 Å². The van der Waals surface area contributed by atoms with Crippen LogP contribution in [0.15, 0.2) is 24.5 Å². The third kappa shape index (κ3) is 4.48. The fraction of sp³-hybridized carbons (Fsp3) is 0.571. The van der Waals surface area contributed by atoms with Gasteiger partial charge in [-0.3, -0.25) is 0 Å². The second-order valence-electron chi connectivity index (χ2n) is 8.53. The molecule has 11 heteroatoms. The molecule has 2 aliphatic rings. The highest BCUT2D eigenvalue weighted by atomic mass is 32.1. The van der Waals surface area contributed by atoms with Crippen LogP contribution in [0.5, 0.6) is 5.75 Å². The van der Waals surface area contributed by atoms with E-state index in [4.69, 9.17) is 4.74 Å². The number of pyridine rings is 1. The first-order chi connectivity index (χ1) is 15.4.